The lowest BCUT2D eigenvalue weighted by atomic mass is 10.1. The fourth-order valence-corrected chi connectivity index (χ4v) is 4.96. The van der Waals surface area contributed by atoms with Gasteiger partial charge in [-0.15, -0.1) is 11.8 Å². The Labute approximate surface area is 193 Å². The smallest absolute Gasteiger partial charge is 0.323 e. The molecule has 4 rings (SSSR count). The average molecular weight is 449 g/mol. The molecule has 1 fully saturated rings. The molecule has 0 aliphatic carbocycles. The molecule has 1 heterocycles. The summed E-state index contributed by atoms with van der Waals surface area (Å²) in [5.74, 6) is 2.25. The molecule has 1 atom stereocenters. The molecule has 3 aromatic carbocycles. The Morgan fingerprint density at radius 2 is 1.84 bits per heavy atom. The molecule has 0 saturated carbocycles. The van der Waals surface area contributed by atoms with Gasteiger partial charge in [-0.2, -0.15) is 0 Å². The molecule has 0 bridgehead atoms. The van der Waals surface area contributed by atoms with Crippen LogP contribution in [0.5, 0.6) is 11.5 Å². The first-order valence-corrected chi connectivity index (χ1v) is 11.9. The van der Waals surface area contributed by atoms with Crippen LogP contribution in [-0.4, -0.2) is 30.3 Å². The van der Waals surface area contributed by atoms with Gasteiger partial charge in [0, 0.05) is 18.0 Å². The van der Waals surface area contributed by atoms with Gasteiger partial charge in [0.05, 0.1) is 7.11 Å². The van der Waals surface area contributed by atoms with Gasteiger partial charge in [0.25, 0.3) is 0 Å². The van der Waals surface area contributed by atoms with E-state index < -0.39 is 0 Å². The number of carbonyl (C=O) groups excluding carboxylic acids is 1. The molecule has 1 saturated heterocycles. The summed E-state index contributed by atoms with van der Waals surface area (Å²) in [5, 5.41) is 2.99. The minimum absolute atomic E-state index is 0.0747. The lowest BCUT2D eigenvalue weighted by molar-refractivity contribution is 0.214. The van der Waals surface area contributed by atoms with Crippen molar-refractivity contribution < 1.29 is 14.3 Å². The summed E-state index contributed by atoms with van der Waals surface area (Å²) in [6, 6.07) is 23.9. The SMILES string of the molecule is CCc1cccc(NC(=O)N2CCSC2c2ccc(OC)c(OCc3ccccc3)c2)c1. The van der Waals surface area contributed by atoms with Gasteiger partial charge < -0.3 is 19.7 Å². The summed E-state index contributed by atoms with van der Waals surface area (Å²) in [6.07, 6.45) is 0.934. The van der Waals surface area contributed by atoms with Crippen LogP contribution in [0.1, 0.15) is 29.0 Å². The first-order chi connectivity index (χ1) is 15.7. The fourth-order valence-electron chi connectivity index (χ4n) is 3.71. The van der Waals surface area contributed by atoms with Gasteiger partial charge in [0.15, 0.2) is 11.5 Å². The molecular weight excluding hydrogens is 420 g/mol. The molecule has 1 N–H and O–H groups in total. The zero-order valence-corrected chi connectivity index (χ0v) is 19.2. The molecule has 1 aliphatic heterocycles. The summed E-state index contributed by atoms with van der Waals surface area (Å²) >= 11 is 1.76. The van der Waals surface area contributed by atoms with Crippen molar-refractivity contribution in [3.05, 3.63) is 89.5 Å². The zero-order valence-electron chi connectivity index (χ0n) is 18.4. The maximum atomic E-state index is 13.1. The maximum absolute atomic E-state index is 13.1. The maximum Gasteiger partial charge on any atom is 0.323 e. The Morgan fingerprint density at radius 1 is 1.03 bits per heavy atom. The van der Waals surface area contributed by atoms with Crippen LogP contribution >= 0.6 is 11.8 Å². The second-order valence-electron chi connectivity index (χ2n) is 7.59. The lowest BCUT2D eigenvalue weighted by Gasteiger charge is -2.25. The summed E-state index contributed by atoms with van der Waals surface area (Å²) in [5.41, 5.74) is 4.14. The Balaban J connectivity index is 1.50. The van der Waals surface area contributed by atoms with E-state index in [9.17, 15) is 4.79 Å². The number of aryl methyl sites for hydroxylation is 1. The number of nitrogens with one attached hydrogen (secondary N) is 1. The molecule has 166 valence electrons. The van der Waals surface area contributed by atoms with Crippen LogP contribution in [0.3, 0.4) is 0 Å². The predicted molar refractivity (Wildman–Crippen MR) is 131 cm³/mol. The molecule has 0 aromatic heterocycles. The normalized spacial score (nSPS) is 15.4. The van der Waals surface area contributed by atoms with Crippen molar-refractivity contribution in [2.75, 3.05) is 24.7 Å². The van der Waals surface area contributed by atoms with Crippen molar-refractivity contribution in [3.63, 3.8) is 0 Å². The van der Waals surface area contributed by atoms with Crippen LogP contribution in [0.2, 0.25) is 0 Å². The largest absolute Gasteiger partial charge is 0.493 e. The highest BCUT2D eigenvalue weighted by Crippen LogP contribution is 2.41. The van der Waals surface area contributed by atoms with Crippen molar-refractivity contribution in [2.45, 2.75) is 25.3 Å². The van der Waals surface area contributed by atoms with Gasteiger partial charge in [-0.1, -0.05) is 55.5 Å². The lowest BCUT2D eigenvalue weighted by Crippen LogP contribution is -2.34. The van der Waals surface area contributed by atoms with Crippen LogP contribution < -0.4 is 14.8 Å². The predicted octanol–water partition coefficient (Wildman–Crippen LogP) is 6.12. The molecule has 2 amide bonds. The quantitative estimate of drug-likeness (QED) is 0.473. The third-order valence-corrected chi connectivity index (χ3v) is 6.71. The van der Waals surface area contributed by atoms with E-state index in [4.69, 9.17) is 9.47 Å². The third kappa shape index (κ3) is 5.19. The van der Waals surface area contributed by atoms with Gasteiger partial charge in [0.2, 0.25) is 0 Å². The molecule has 6 heteroatoms. The molecule has 1 aliphatic rings. The van der Waals surface area contributed by atoms with Gasteiger partial charge in [0.1, 0.15) is 12.0 Å². The summed E-state index contributed by atoms with van der Waals surface area (Å²) in [6.45, 7) is 3.26. The molecule has 1 unspecified atom stereocenters. The number of hydrogen-bond acceptors (Lipinski definition) is 4. The van der Waals surface area contributed by atoms with E-state index in [-0.39, 0.29) is 11.4 Å². The molecule has 0 spiro atoms. The highest BCUT2D eigenvalue weighted by Gasteiger charge is 2.31. The van der Waals surface area contributed by atoms with Gasteiger partial charge in [-0.3, -0.25) is 0 Å². The van der Waals surface area contributed by atoms with E-state index in [1.807, 2.05) is 71.6 Å². The number of thioether (sulfide) groups is 1. The third-order valence-electron chi connectivity index (χ3n) is 5.45. The van der Waals surface area contributed by atoms with Gasteiger partial charge >= 0.3 is 6.03 Å². The van der Waals surface area contributed by atoms with E-state index >= 15 is 0 Å². The highest BCUT2D eigenvalue weighted by molar-refractivity contribution is 7.99. The Morgan fingerprint density at radius 3 is 2.62 bits per heavy atom. The number of anilines is 1. The van der Waals surface area contributed by atoms with Crippen molar-refractivity contribution >= 4 is 23.5 Å². The standard InChI is InChI=1S/C26H28N2O3S/c1-3-19-10-7-11-22(16-19)27-26(29)28-14-15-32-25(28)21-12-13-23(30-2)24(17-21)31-18-20-8-5-4-6-9-20/h4-13,16-17,25H,3,14-15,18H2,1-2H3,(H,27,29). The number of methoxy groups -OCH3 is 1. The Hall–Kier alpha value is -3.12. The van der Waals surface area contributed by atoms with Crippen LogP contribution in [0.25, 0.3) is 0 Å². The first-order valence-electron chi connectivity index (χ1n) is 10.8. The van der Waals surface area contributed by atoms with Crippen LogP contribution in [-0.2, 0) is 13.0 Å². The molecule has 5 nitrogen and oxygen atoms in total. The van der Waals surface area contributed by atoms with Crippen LogP contribution in [0.15, 0.2) is 72.8 Å². The Bertz CT molecular complexity index is 1060. The second-order valence-corrected chi connectivity index (χ2v) is 8.77. The van der Waals surface area contributed by atoms with E-state index in [2.05, 4.69) is 18.3 Å². The second kappa shape index (κ2) is 10.5. The van der Waals surface area contributed by atoms with E-state index in [0.717, 1.165) is 29.0 Å². The fraction of sp³-hybridized carbons (Fsp3) is 0.269. The highest BCUT2D eigenvalue weighted by atomic mass is 32.2. The first kappa shape index (κ1) is 22.1. The molecule has 32 heavy (non-hydrogen) atoms. The number of rotatable bonds is 7. The number of ether oxygens (including phenoxy) is 2. The van der Waals surface area contributed by atoms with Crippen molar-refractivity contribution in [1.29, 1.82) is 0 Å². The monoisotopic (exact) mass is 448 g/mol. The molecular formula is C26H28N2O3S. The van der Waals surface area contributed by atoms with E-state index in [1.54, 1.807) is 18.9 Å². The number of benzene rings is 3. The summed E-state index contributed by atoms with van der Waals surface area (Å²) in [4.78, 5) is 14.9. The number of amides is 2. The van der Waals surface area contributed by atoms with E-state index in [1.165, 1.54) is 5.56 Å². The van der Waals surface area contributed by atoms with Crippen LogP contribution in [0.4, 0.5) is 10.5 Å². The van der Waals surface area contributed by atoms with Crippen molar-refractivity contribution in [2.24, 2.45) is 0 Å². The number of carbonyl (C=O) groups is 1. The summed E-state index contributed by atoms with van der Waals surface area (Å²) < 4.78 is 11.6. The van der Waals surface area contributed by atoms with Crippen LogP contribution in [0, 0.1) is 0 Å². The minimum Gasteiger partial charge on any atom is -0.493 e. The zero-order chi connectivity index (χ0) is 22.3. The minimum atomic E-state index is -0.0872. The average Bonchev–Trinajstić information content (AvgIpc) is 3.33. The number of hydrogen-bond donors (Lipinski definition) is 1. The van der Waals surface area contributed by atoms with E-state index in [0.29, 0.717) is 24.7 Å². The Kier molecular flexibility index (Phi) is 7.22. The summed E-state index contributed by atoms with van der Waals surface area (Å²) in [7, 11) is 1.64. The van der Waals surface area contributed by atoms with Crippen molar-refractivity contribution in [1.82, 2.24) is 4.90 Å². The van der Waals surface area contributed by atoms with Gasteiger partial charge in [-0.25, -0.2) is 4.79 Å². The number of nitrogens with zero attached hydrogens (tertiary/aromatic N) is 1. The van der Waals surface area contributed by atoms with Crippen molar-refractivity contribution in [3.8, 4) is 11.5 Å². The molecule has 3 aromatic rings. The molecule has 0 radical (unpaired) electrons. The topological polar surface area (TPSA) is 50.8 Å². The number of urea groups is 1. The van der Waals surface area contributed by atoms with Gasteiger partial charge in [-0.05, 0) is 47.4 Å².